The summed E-state index contributed by atoms with van der Waals surface area (Å²) in [5.74, 6) is 2.82. The third kappa shape index (κ3) is 4.33. The predicted molar refractivity (Wildman–Crippen MR) is 61.6 cm³/mol. The number of rotatable bonds is 4. The van der Waals surface area contributed by atoms with Crippen LogP contribution in [0, 0.1) is 5.92 Å². The van der Waals surface area contributed by atoms with Gasteiger partial charge in [-0.1, -0.05) is 0 Å². The van der Waals surface area contributed by atoms with Gasteiger partial charge in [0.2, 0.25) is 5.91 Å². The van der Waals surface area contributed by atoms with Crippen molar-refractivity contribution in [3.63, 3.8) is 0 Å². The van der Waals surface area contributed by atoms with E-state index < -0.39 is 0 Å². The van der Waals surface area contributed by atoms with Crippen LogP contribution in [0.15, 0.2) is 0 Å². The lowest BCUT2D eigenvalue weighted by atomic mass is 10.0. The highest BCUT2D eigenvalue weighted by Gasteiger charge is 2.20. The maximum absolute atomic E-state index is 11.6. The highest BCUT2D eigenvalue weighted by Crippen LogP contribution is 2.22. The number of carbonyl (C=O) groups excluding carboxylic acids is 1. The molecule has 1 N–H and O–H groups in total. The standard InChI is InChI=1S/C10H20N2OS/c1-12(2)6-5-11-10(13)9-3-7-14-8-4-9/h9H,3-8H2,1-2H3,(H,11,13). The number of hydrogen-bond acceptors (Lipinski definition) is 3. The second-order valence-electron chi connectivity index (χ2n) is 3.98. The van der Waals surface area contributed by atoms with Gasteiger partial charge in [-0.2, -0.15) is 11.8 Å². The Morgan fingerprint density at radius 1 is 1.43 bits per heavy atom. The largest absolute Gasteiger partial charge is 0.355 e. The Balaban J connectivity index is 2.13. The number of carbonyl (C=O) groups is 1. The van der Waals surface area contributed by atoms with Crippen molar-refractivity contribution in [3.8, 4) is 0 Å². The van der Waals surface area contributed by atoms with E-state index >= 15 is 0 Å². The Hall–Kier alpha value is -0.220. The number of likely N-dealkylation sites (N-methyl/N-ethyl adjacent to an activating group) is 1. The second kappa shape index (κ2) is 6.30. The first-order chi connectivity index (χ1) is 6.70. The molecule has 0 saturated carbocycles. The molecule has 0 aromatic heterocycles. The molecule has 4 heteroatoms. The summed E-state index contributed by atoms with van der Waals surface area (Å²) in [6.07, 6.45) is 2.11. The van der Waals surface area contributed by atoms with Gasteiger partial charge in [-0.15, -0.1) is 0 Å². The SMILES string of the molecule is CN(C)CCNC(=O)C1CCSCC1. The Kier molecular flexibility index (Phi) is 5.33. The molecule has 14 heavy (non-hydrogen) atoms. The van der Waals surface area contributed by atoms with E-state index in [0.29, 0.717) is 0 Å². The molecular formula is C10H20N2OS. The summed E-state index contributed by atoms with van der Waals surface area (Å²) in [5.41, 5.74) is 0. The first-order valence-electron chi connectivity index (χ1n) is 5.20. The van der Waals surface area contributed by atoms with Crippen molar-refractivity contribution in [2.24, 2.45) is 5.92 Å². The molecule has 1 rings (SSSR count). The maximum atomic E-state index is 11.6. The van der Waals surface area contributed by atoms with Gasteiger partial charge in [0, 0.05) is 19.0 Å². The van der Waals surface area contributed by atoms with Gasteiger partial charge in [0.25, 0.3) is 0 Å². The molecule has 0 radical (unpaired) electrons. The molecular weight excluding hydrogens is 196 g/mol. The number of hydrogen-bond donors (Lipinski definition) is 1. The Bertz CT molecular complexity index is 179. The summed E-state index contributed by atoms with van der Waals surface area (Å²) in [4.78, 5) is 13.7. The minimum atomic E-state index is 0.257. The molecule has 1 fully saturated rings. The molecule has 1 aliphatic heterocycles. The lowest BCUT2D eigenvalue weighted by molar-refractivity contribution is -0.125. The average Bonchev–Trinajstić information content (AvgIpc) is 2.18. The summed E-state index contributed by atoms with van der Waals surface area (Å²) in [5, 5.41) is 2.99. The van der Waals surface area contributed by atoms with Gasteiger partial charge in [0.05, 0.1) is 0 Å². The topological polar surface area (TPSA) is 32.3 Å². The van der Waals surface area contributed by atoms with Gasteiger partial charge >= 0.3 is 0 Å². The van der Waals surface area contributed by atoms with E-state index in [4.69, 9.17) is 0 Å². The van der Waals surface area contributed by atoms with Crippen LogP contribution in [0.25, 0.3) is 0 Å². The normalized spacial score (nSPS) is 18.5. The van der Waals surface area contributed by atoms with Gasteiger partial charge < -0.3 is 10.2 Å². The van der Waals surface area contributed by atoms with Crippen molar-refractivity contribution >= 4 is 17.7 Å². The Labute approximate surface area is 90.6 Å². The van der Waals surface area contributed by atoms with Crippen LogP contribution in [0.2, 0.25) is 0 Å². The highest BCUT2D eigenvalue weighted by atomic mass is 32.2. The second-order valence-corrected chi connectivity index (χ2v) is 5.21. The summed E-state index contributed by atoms with van der Waals surface area (Å²) < 4.78 is 0. The van der Waals surface area contributed by atoms with Crippen molar-refractivity contribution in [2.45, 2.75) is 12.8 Å². The zero-order valence-electron chi connectivity index (χ0n) is 9.08. The highest BCUT2D eigenvalue weighted by molar-refractivity contribution is 7.99. The molecule has 0 atom stereocenters. The van der Waals surface area contributed by atoms with Gasteiger partial charge in [-0.3, -0.25) is 4.79 Å². The van der Waals surface area contributed by atoms with E-state index in [2.05, 4.69) is 10.2 Å². The van der Waals surface area contributed by atoms with Crippen LogP contribution in [0.4, 0.5) is 0 Å². The molecule has 0 bridgehead atoms. The number of nitrogens with zero attached hydrogens (tertiary/aromatic N) is 1. The van der Waals surface area contributed by atoms with Crippen LogP contribution in [0.5, 0.6) is 0 Å². The van der Waals surface area contributed by atoms with Crippen LogP contribution < -0.4 is 5.32 Å². The van der Waals surface area contributed by atoms with Crippen molar-refractivity contribution in [2.75, 3.05) is 38.7 Å². The summed E-state index contributed by atoms with van der Waals surface area (Å²) in [6, 6.07) is 0. The van der Waals surface area contributed by atoms with Crippen LogP contribution in [-0.2, 0) is 4.79 Å². The minimum Gasteiger partial charge on any atom is -0.355 e. The summed E-state index contributed by atoms with van der Waals surface area (Å²) in [7, 11) is 4.03. The molecule has 0 unspecified atom stereocenters. The summed E-state index contributed by atoms with van der Waals surface area (Å²) in [6.45, 7) is 1.70. The number of thioether (sulfide) groups is 1. The molecule has 1 saturated heterocycles. The van der Waals surface area contributed by atoms with Crippen molar-refractivity contribution in [1.29, 1.82) is 0 Å². The smallest absolute Gasteiger partial charge is 0.223 e. The molecule has 1 heterocycles. The van der Waals surface area contributed by atoms with Gasteiger partial charge in [-0.25, -0.2) is 0 Å². The predicted octanol–water partition coefficient (Wildman–Crippen LogP) is 0.807. The van der Waals surface area contributed by atoms with Crippen molar-refractivity contribution < 1.29 is 4.79 Å². The molecule has 0 aromatic rings. The van der Waals surface area contributed by atoms with Crippen LogP contribution in [0.3, 0.4) is 0 Å². The van der Waals surface area contributed by atoms with Crippen molar-refractivity contribution in [1.82, 2.24) is 10.2 Å². The Morgan fingerprint density at radius 3 is 2.64 bits per heavy atom. The maximum Gasteiger partial charge on any atom is 0.223 e. The lowest BCUT2D eigenvalue weighted by Gasteiger charge is -2.21. The first-order valence-corrected chi connectivity index (χ1v) is 6.36. The fraction of sp³-hybridized carbons (Fsp3) is 0.900. The lowest BCUT2D eigenvalue weighted by Crippen LogP contribution is -2.36. The fourth-order valence-corrected chi connectivity index (χ4v) is 2.61. The number of nitrogens with one attached hydrogen (secondary N) is 1. The molecule has 1 amide bonds. The number of amides is 1. The molecule has 0 spiro atoms. The Morgan fingerprint density at radius 2 is 2.07 bits per heavy atom. The third-order valence-electron chi connectivity index (χ3n) is 2.45. The third-order valence-corrected chi connectivity index (χ3v) is 3.50. The quantitative estimate of drug-likeness (QED) is 0.755. The van der Waals surface area contributed by atoms with E-state index in [1.807, 2.05) is 25.9 Å². The first kappa shape index (κ1) is 11.9. The minimum absolute atomic E-state index is 0.257. The van der Waals surface area contributed by atoms with Crippen LogP contribution in [-0.4, -0.2) is 49.5 Å². The van der Waals surface area contributed by atoms with E-state index in [1.165, 1.54) is 0 Å². The molecule has 0 aromatic carbocycles. The fourth-order valence-electron chi connectivity index (χ4n) is 1.51. The zero-order chi connectivity index (χ0) is 10.4. The van der Waals surface area contributed by atoms with Crippen molar-refractivity contribution in [3.05, 3.63) is 0 Å². The molecule has 1 aliphatic rings. The van der Waals surface area contributed by atoms with E-state index in [0.717, 1.165) is 37.4 Å². The monoisotopic (exact) mass is 216 g/mol. The van der Waals surface area contributed by atoms with Gasteiger partial charge in [0.1, 0.15) is 0 Å². The zero-order valence-corrected chi connectivity index (χ0v) is 9.90. The van der Waals surface area contributed by atoms with Crippen LogP contribution >= 0.6 is 11.8 Å². The van der Waals surface area contributed by atoms with E-state index in [-0.39, 0.29) is 11.8 Å². The van der Waals surface area contributed by atoms with E-state index in [9.17, 15) is 4.79 Å². The summed E-state index contributed by atoms with van der Waals surface area (Å²) >= 11 is 1.96. The van der Waals surface area contributed by atoms with Gasteiger partial charge in [0.15, 0.2) is 0 Å². The molecule has 82 valence electrons. The van der Waals surface area contributed by atoms with Gasteiger partial charge in [-0.05, 0) is 38.4 Å². The molecule has 3 nitrogen and oxygen atoms in total. The van der Waals surface area contributed by atoms with E-state index in [1.54, 1.807) is 0 Å². The average molecular weight is 216 g/mol. The van der Waals surface area contributed by atoms with Crippen LogP contribution in [0.1, 0.15) is 12.8 Å². The molecule has 0 aliphatic carbocycles.